The average molecular weight is 286 g/mol. The molecule has 0 bridgehead atoms. The molecule has 0 saturated carbocycles. The van der Waals surface area contributed by atoms with E-state index in [4.69, 9.17) is 16.7 Å². The molecule has 0 aromatic carbocycles. The standard InChI is InChI=1S/C13H20ClN3O2/c1-3-9-12(14)11(17(4-2)16-9)7-8-5-6-10(15-8)13(18)19/h8,10,15H,3-7H2,1-2H3,(H,18,19). The van der Waals surface area contributed by atoms with Crippen LogP contribution in [0.5, 0.6) is 0 Å². The second kappa shape index (κ2) is 5.92. The zero-order chi connectivity index (χ0) is 14.0. The molecular formula is C13H20ClN3O2. The maximum atomic E-state index is 10.9. The molecular weight excluding hydrogens is 266 g/mol. The first-order chi connectivity index (χ1) is 9.06. The number of aryl methyl sites for hydroxylation is 2. The summed E-state index contributed by atoms with van der Waals surface area (Å²) in [4.78, 5) is 10.9. The number of hydrogen-bond donors (Lipinski definition) is 2. The van der Waals surface area contributed by atoms with Crippen molar-refractivity contribution in [2.75, 3.05) is 0 Å². The second-order valence-corrected chi connectivity index (χ2v) is 5.29. The monoisotopic (exact) mass is 285 g/mol. The van der Waals surface area contributed by atoms with Crippen molar-refractivity contribution in [3.05, 3.63) is 16.4 Å². The van der Waals surface area contributed by atoms with Crippen molar-refractivity contribution in [3.63, 3.8) is 0 Å². The predicted octanol–water partition coefficient (Wildman–Crippen LogP) is 1.87. The Balaban J connectivity index is 2.11. The molecule has 1 aromatic heterocycles. The molecule has 2 atom stereocenters. The van der Waals surface area contributed by atoms with Gasteiger partial charge in [0, 0.05) is 19.0 Å². The second-order valence-electron chi connectivity index (χ2n) is 4.91. The smallest absolute Gasteiger partial charge is 0.320 e. The minimum atomic E-state index is -0.771. The van der Waals surface area contributed by atoms with E-state index in [1.165, 1.54) is 0 Å². The van der Waals surface area contributed by atoms with Crippen LogP contribution in [0.3, 0.4) is 0 Å². The van der Waals surface area contributed by atoms with Crippen molar-refractivity contribution in [1.82, 2.24) is 15.1 Å². The van der Waals surface area contributed by atoms with Crippen LogP contribution in [0.25, 0.3) is 0 Å². The predicted molar refractivity (Wildman–Crippen MR) is 73.6 cm³/mol. The molecule has 19 heavy (non-hydrogen) atoms. The van der Waals surface area contributed by atoms with Gasteiger partial charge < -0.3 is 10.4 Å². The highest BCUT2D eigenvalue weighted by atomic mass is 35.5. The maximum Gasteiger partial charge on any atom is 0.320 e. The quantitative estimate of drug-likeness (QED) is 0.867. The molecule has 5 nitrogen and oxygen atoms in total. The van der Waals surface area contributed by atoms with E-state index in [0.717, 1.165) is 42.2 Å². The Kier molecular flexibility index (Phi) is 4.47. The molecule has 2 heterocycles. The lowest BCUT2D eigenvalue weighted by Crippen LogP contribution is -2.36. The summed E-state index contributed by atoms with van der Waals surface area (Å²) >= 11 is 6.36. The Morgan fingerprint density at radius 3 is 2.79 bits per heavy atom. The van der Waals surface area contributed by atoms with Gasteiger partial charge in [0.1, 0.15) is 6.04 Å². The largest absolute Gasteiger partial charge is 0.480 e. The molecule has 0 amide bonds. The van der Waals surface area contributed by atoms with E-state index in [1.807, 2.05) is 18.5 Å². The number of carbonyl (C=O) groups is 1. The number of halogens is 1. The Hall–Kier alpha value is -1.07. The van der Waals surface area contributed by atoms with Crippen LogP contribution in [-0.4, -0.2) is 32.9 Å². The van der Waals surface area contributed by atoms with E-state index >= 15 is 0 Å². The number of nitrogens with zero attached hydrogens (tertiary/aromatic N) is 2. The first-order valence-electron chi connectivity index (χ1n) is 6.79. The molecule has 1 aromatic rings. The summed E-state index contributed by atoms with van der Waals surface area (Å²) < 4.78 is 1.93. The molecule has 2 N–H and O–H groups in total. The highest BCUT2D eigenvalue weighted by molar-refractivity contribution is 6.31. The van der Waals surface area contributed by atoms with Crippen LogP contribution in [0.1, 0.15) is 38.1 Å². The van der Waals surface area contributed by atoms with Crippen molar-refractivity contribution in [1.29, 1.82) is 0 Å². The SMILES string of the molecule is CCc1nn(CC)c(CC2CCC(C(=O)O)N2)c1Cl. The maximum absolute atomic E-state index is 10.9. The van der Waals surface area contributed by atoms with Crippen LogP contribution in [0.4, 0.5) is 0 Å². The summed E-state index contributed by atoms with van der Waals surface area (Å²) in [6.45, 7) is 4.85. The Morgan fingerprint density at radius 2 is 2.26 bits per heavy atom. The fourth-order valence-corrected chi connectivity index (χ4v) is 2.97. The molecule has 2 unspecified atom stereocenters. The van der Waals surface area contributed by atoms with E-state index in [1.54, 1.807) is 0 Å². The van der Waals surface area contributed by atoms with E-state index in [0.29, 0.717) is 6.42 Å². The lowest BCUT2D eigenvalue weighted by molar-refractivity contribution is -0.139. The van der Waals surface area contributed by atoms with Gasteiger partial charge in [0.05, 0.1) is 16.4 Å². The van der Waals surface area contributed by atoms with Gasteiger partial charge in [-0.3, -0.25) is 9.48 Å². The van der Waals surface area contributed by atoms with Crippen LogP contribution in [0.2, 0.25) is 5.02 Å². The lowest BCUT2D eigenvalue weighted by atomic mass is 10.1. The van der Waals surface area contributed by atoms with Crippen LogP contribution in [0, 0.1) is 0 Å². The molecule has 0 aliphatic carbocycles. The van der Waals surface area contributed by atoms with Gasteiger partial charge in [-0.25, -0.2) is 0 Å². The number of nitrogens with one attached hydrogen (secondary N) is 1. The average Bonchev–Trinajstić information content (AvgIpc) is 2.96. The van der Waals surface area contributed by atoms with Gasteiger partial charge in [0.25, 0.3) is 0 Å². The Labute approximate surface area is 117 Å². The van der Waals surface area contributed by atoms with Crippen LogP contribution in [0.15, 0.2) is 0 Å². The first kappa shape index (κ1) is 14.3. The summed E-state index contributed by atoms with van der Waals surface area (Å²) in [5, 5.41) is 17.4. The van der Waals surface area contributed by atoms with Gasteiger partial charge in [0.2, 0.25) is 0 Å². The zero-order valence-electron chi connectivity index (χ0n) is 11.3. The van der Waals surface area contributed by atoms with Gasteiger partial charge in [-0.05, 0) is 26.2 Å². The fourth-order valence-electron chi connectivity index (χ4n) is 2.62. The molecule has 1 saturated heterocycles. The van der Waals surface area contributed by atoms with Gasteiger partial charge in [0.15, 0.2) is 0 Å². The highest BCUT2D eigenvalue weighted by Gasteiger charge is 2.30. The lowest BCUT2D eigenvalue weighted by Gasteiger charge is -2.13. The summed E-state index contributed by atoms with van der Waals surface area (Å²) in [7, 11) is 0. The Morgan fingerprint density at radius 1 is 1.53 bits per heavy atom. The molecule has 0 spiro atoms. The molecule has 6 heteroatoms. The molecule has 0 radical (unpaired) electrons. The van der Waals surface area contributed by atoms with Crippen molar-refractivity contribution in [3.8, 4) is 0 Å². The summed E-state index contributed by atoms with van der Waals surface area (Å²) in [6.07, 6.45) is 3.10. The van der Waals surface area contributed by atoms with Crippen molar-refractivity contribution >= 4 is 17.6 Å². The van der Waals surface area contributed by atoms with Gasteiger partial charge in [-0.1, -0.05) is 18.5 Å². The molecule has 1 fully saturated rings. The van der Waals surface area contributed by atoms with Crippen LogP contribution < -0.4 is 5.32 Å². The fraction of sp³-hybridized carbons (Fsp3) is 0.692. The highest BCUT2D eigenvalue weighted by Crippen LogP contribution is 2.25. The number of hydrogen-bond acceptors (Lipinski definition) is 3. The topological polar surface area (TPSA) is 67.2 Å². The van der Waals surface area contributed by atoms with E-state index in [-0.39, 0.29) is 6.04 Å². The number of carboxylic acid groups (broad SMARTS) is 1. The van der Waals surface area contributed by atoms with Crippen molar-refractivity contribution < 1.29 is 9.90 Å². The number of carboxylic acids is 1. The van der Waals surface area contributed by atoms with Gasteiger partial charge in [-0.2, -0.15) is 5.10 Å². The third-order valence-corrected chi connectivity index (χ3v) is 4.11. The minimum absolute atomic E-state index is 0.172. The normalized spacial score (nSPS) is 22.9. The van der Waals surface area contributed by atoms with Gasteiger partial charge in [-0.15, -0.1) is 0 Å². The number of aliphatic carboxylic acids is 1. The Bertz CT molecular complexity index is 473. The van der Waals surface area contributed by atoms with Crippen molar-refractivity contribution in [2.24, 2.45) is 0 Å². The summed E-state index contributed by atoms with van der Waals surface area (Å²) in [6, 6.07) is -0.252. The molecule has 106 valence electrons. The first-order valence-corrected chi connectivity index (χ1v) is 7.17. The van der Waals surface area contributed by atoms with Crippen LogP contribution >= 0.6 is 11.6 Å². The van der Waals surface area contributed by atoms with E-state index in [2.05, 4.69) is 10.4 Å². The minimum Gasteiger partial charge on any atom is -0.480 e. The van der Waals surface area contributed by atoms with E-state index in [9.17, 15) is 4.79 Å². The number of rotatable bonds is 5. The third-order valence-electron chi connectivity index (χ3n) is 3.67. The van der Waals surface area contributed by atoms with Gasteiger partial charge >= 0.3 is 5.97 Å². The number of aromatic nitrogens is 2. The third kappa shape index (κ3) is 2.92. The molecule has 1 aliphatic heterocycles. The summed E-state index contributed by atoms with van der Waals surface area (Å²) in [5.74, 6) is -0.771. The van der Waals surface area contributed by atoms with Crippen LogP contribution in [-0.2, 0) is 24.2 Å². The molecule has 2 rings (SSSR count). The van der Waals surface area contributed by atoms with Crippen molar-refractivity contribution in [2.45, 2.75) is 58.2 Å². The molecule has 1 aliphatic rings. The zero-order valence-corrected chi connectivity index (χ0v) is 12.1. The van der Waals surface area contributed by atoms with E-state index < -0.39 is 12.0 Å². The summed E-state index contributed by atoms with van der Waals surface area (Å²) in [5.41, 5.74) is 1.94.